The summed E-state index contributed by atoms with van der Waals surface area (Å²) in [5, 5.41) is 9.91. The smallest absolute Gasteiger partial charge is 0.319 e. The molecule has 0 aliphatic carbocycles. The minimum atomic E-state index is -0.225. The van der Waals surface area contributed by atoms with Crippen LogP contribution in [0, 0.1) is 0 Å². The molecule has 0 radical (unpaired) electrons. The van der Waals surface area contributed by atoms with Crippen LogP contribution in [0.1, 0.15) is 44.9 Å². The minimum Gasteiger partial charge on any atom is -0.378 e. The quantitative estimate of drug-likeness (QED) is 0.836. The van der Waals surface area contributed by atoms with Crippen LogP contribution < -0.4 is 10.6 Å². The van der Waals surface area contributed by atoms with Crippen LogP contribution >= 0.6 is 0 Å². The van der Waals surface area contributed by atoms with Gasteiger partial charge in [0.2, 0.25) is 0 Å². The highest BCUT2D eigenvalue weighted by atomic mass is 16.6. The first-order valence-electron chi connectivity index (χ1n) is 9.76. The van der Waals surface area contributed by atoms with Crippen LogP contribution in [0.15, 0.2) is 28.8 Å². The predicted octanol–water partition coefficient (Wildman–Crippen LogP) is 3.32. The van der Waals surface area contributed by atoms with Crippen LogP contribution in [-0.4, -0.2) is 47.6 Å². The van der Waals surface area contributed by atoms with Gasteiger partial charge >= 0.3 is 6.03 Å². The molecule has 150 valence electrons. The third kappa shape index (κ3) is 4.18. The Balaban J connectivity index is 1.33. The number of urea groups is 1. The molecule has 1 aromatic heterocycles. The summed E-state index contributed by atoms with van der Waals surface area (Å²) >= 11 is 0. The maximum Gasteiger partial charge on any atom is 0.319 e. The van der Waals surface area contributed by atoms with Crippen molar-refractivity contribution in [1.82, 2.24) is 15.5 Å². The maximum atomic E-state index is 12.4. The number of hydrogen-bond donors (Lipinski definition) is 2. The molecule has 0 bridgehead atoms. The summed E-state index contributed by atoms with van der Waals surface area (Å²) in [6, 6.07) is 7.23. The topological polar surface area (TPSA) is 98.5 Å². The Bertz CT molecular complexity index is 812. The van der Waals surface area contributed by atoms with Crippen molar-refractivity contribution < 1.29 is 18.8 Å². The summed E-state index contributed by atoms with van der Waals surface area (Å²) < 4.78 is 16.7. The van der Waals surface area contributed by atoms with E-state index in [1.807, 2.05) is 38.1 Å². The fourth-order valence-corrected chi connectivity index (χ4v) is 3.65. The van der Waals surface area contributed by atoms with Gasteiger partial charge in [-0.2, -0.15) is 4.98 Å². The molecule has 2 saturated heterocycles. The van der Waals surface area contributed by atoms with Crippen LogP contribution in [0.5, 0.6) is 0 Å². The third-order valence-electron chi connectivity index (χ3n) is 5.24. The molecule has 2 amide bonds. The lowest BCUT2D eigenvalue weighted by molar-refractivity contribution is -0.0877. The van der Waals surface area contributed by atoms with Crippen LogP contribution in [0.4, 0.5) is 10.5 Å². The Morgan fingerprint density at radius 3 is 2.75 bits per heavy atom. The summed E-state index contributed by atoms with van der Waals surface area (Å²) in [6.45, 7) is 6.01. The first-order valence-corrected chi connectivity index (χ1v) is 9.76. The fraction of sp³-hybridized carbons (Fsp3) is 0.550. The van der Waals surface area contributed by atoms with Gasteiger partial charge < -0.3 is 24.6 Å². The number of aromatic nitrogens is 2. The minimum absolute atomic E-state index is 0.0857. The number of carbonyl (C=O) groups excluding carboxylic acids is 1. The molecule has 0 unspecified atom stereocenters. The van der Waals surface area contributed by atoms with Gasteiger partial charge in [-0.1, -0.05) is 19.0 Å². The highest BCUT2D eigenvalue weighted by Crippen LogP contribution is 2.32. The summed E-state index contributed by atoms with van der Waals surface area (Å²) in [5.41, 5.74) is 1.30. The Morgan fingerprint density at radius 2 is 2.07 bits per heavy atom. The predicted molar refractivity (Wildman–Crippen MR) is 103 cm³/mol. The molecule has 2 atom stereocenters. The molecule has 2 fully saturated rings. The largest absolute Gasteiger partial charge is 0.378 e. The zero-order chi connectivity index (χ0) is 19.6. The number of anilines is 1. The number of benzene rings is 1. The molecular weight excluding hydrogens is 360 g/mol. The Hall–Kier alpha value is -2.45. The number of nitrogens with one attached hydrogen (secondary N) is 2. The van der Waals surface area contributed by atoms with Crippen molar-refractivity contribution in [2.75, 3.05) is 25.1 Å². The number of carbonyl (C=O) groups is 1. The van der Waals surface area contributed by atoms with Gasteiger partial charge in [-0.25, -0.2) is 4.79 Å². The first kappa shape index (κ1) is 18.9. The molecule has 2 aliphatic rings. The second-order valence-corrected chi connectivity index (χ2v) is 7.81. The number of rotatable bonds is 4. The van der Waals surface area contributed by atoms with Gasteiger partial charge in [0.1, 0.15) is 0 Å². The number of ether oxygens (including phenoxy) is 2. The molecule has 2 aromatic rings. The molecule has 1 aromatic carbocycles. The van der Waals surface area contributed by atoms with Gasteiger partial charge in [-0.15, -0.1) is 0 Å². The molecule has 8 nitrogen and oxygen atoms in total. The molecule has 8 heteroatoms. The van der Waals surface area contributed by atoms with E-state index in [2.05, 4.69) is 20.8 Å². The van der Waals surface area contributed by atoms with Gasteiger partial charge in [0.25, 0.3) is 5.89 Å². The van der Waals surface area contributed by atoms with Crippen molar-refractivity contribution in [2.45, 2.75) is 50.7 Å². The normalized spacial score (nSPS) is 24.6. The van der Waals surface area contributed by atoms with Gasteiger partial charge in [0, 0.05) is 42.8 Å². The number of nitrogens with zero attached hydrogens (tertiary/aromatic N) is 2. The lowest BCUT2D eigenvalue weighted by Crippen LogP contribution is -2.49. The van der Waals surface area contributed by atoms with Crippen LogP contribution in [-0.2, 0) is 9.47 Å². The van der Waals surface area contributed by atoms with E-state index in [4.69, 9.17) is 14.0 Å². The standard InChI is InChI=1S/C20H26N4O4/c1-13(2)17-23-18(28-24-17)14-3-5-15(6-4-14)21-19(25)22-16-7-9-27-20(11-16)8-10-26-12-20/h3-6,13,16H,7-12H2,1-2H3,(H2,21,22,25)/t16-,20-/m1/s1. The Labute approximate surface area is 164 Å². The van der Waals surface area contributed by atoms with Crippen molar-refractivity contribution in [3.8, 4) is 11.5 Å². The van der Waals surface area contributed by atoms with Gasteiger partial charge in [-0.05, 0) is 37.1 Å². The van der Waals surface area contributed by atoms with Crippen LogP contribution in [0.3, 0.4) is 0 Å². The van der Waals surface area contributed by atoms with E-state index < -0.39 is 0 Å². The van der Waals surface area contributed by atoms with Crippen molar-refractivity contribution in [3.63, 3.8) is 0 Å². The molecule has 1 spiro atoms. The van der Waals surface area contributed by atoms with E-state index in [9.17, 15) is 4.79 Å². The average Bonchev–Trinajstić information content (AvgIpc) is 3.33. The third-order valence-corrected chi connectivity index (χ3v) is 5.24. The van der Waals surface area contributed by atoms with Crippen LogP contribution in [0.2, 0.25) is 0 Å². The SMILES string of the molecule is CC(C)c1noc(-c2ccc(NC(=O)N[C@@H]3CCO[C@]4(CCOC4)C3)cc2)n1. The maximum absolute atomic E-state index is 12.4. The van der Waals surface area contributed by atoms with Crippen molar-refractivity contribution >= 4 is 11.7 Å². The van der Waals surface area contributed by atoms with E-state index in [0.717, 1.165) is 31.4 Å². The molecular formula is C20H26N4O4. The zero-order valence-corrected chi connectivity index (χ0v) is 16.2. The lowest BCUT2D eigenvalue weighted by atomic mass is 9.90. The second-order valence-electron chi connectivity index (χ2n) is 7.81. The van der Waals surface area contributed by atoms with Crippen molar-refractivity contribution in [1.29, 1.82) is 0 Å². The van der Waals surface area contributed by atoms with Gasteiger partial charge in [-0.3, -0.25) is 0 Å². The Morgan fingerprint density at radius 1 is 1.25 bits per heavy atom. The summed E-state index contributed by atoms with van der Waals surface area (Å²) in [5.74, 6) is 1.37. The molecule has 4 rings (SSSR count). The fourth-order valence-electron chi connectivity index (χ4n) is 3.65. The van der Waals surface area contributed by atoms with Gasteiger partial charge in [0.15, 0.2) is 5.82 Å². The van der Waals surface area contributed by atoms with E-state index in [1.165, 1.54) is 0 Å². The highest BCUT2D eigenvalue weighted by Gasteiger charge is 2.41. The molecule has 2 aliphatic heterocycles. The summed E-state index contributed by atoms with van der Waals surface area (Å²) in [6.07, 6.45) is 2.49. The van der Waals surface area contributed by atoms with E-state index in [0.29, 0.717) is 30.6 Å². The van der Waals surface area contributed by atoms with E-state index >= 15 is 0 Å². The lowest BCUT2D eigenvalue weighted by Gasteiger charge is -2.37. The average molecular weight is 386 g/mol. The summed E-state index contributed by atoms with van der Waals surface area (Å²) in [4.78, 5) is 16.8. The van der Waals surface area contributed by atoms with Crippen LogP contribution in [0.25, 0.3) is 11.5 Å². The monoisotopic (exact) mass is 386 g/mol. The molecule has 0 saturated carbocycles. The van der Waals surface area contributed by atoms with Crippen molar-refractivity contribution in [2.24, 2.45) is 0 Å². The summed E-state index contributed by atoms with van der Waals surface area (Å²) in [7, 11) is 0. The Kier molecular flexibility index (Phi) is 5.32. The molecule has 3 heterocycles. The molecule has 2 N–H and O–H groups in total. The second kappa shape index (κ2) is 7.89. The molecule has 28 heavy (non-hydrogen) atoms. The highest BCUT2D eigenvalue weighted by molar-refractivity contribution is 5.89. The number of hydrogen-bond acceptors (Lipinski definition) is 6. The first-order chi connectivity index (χ1) is 13.5. The van der Waals surface area contributed by atoms with E-state index in [1.54, 1.807) is 0 Å². The number of amides is 2. The zero-order valence-electron chi connectivity index (χ0n) is 16.2. The van der Waals surface area contributed by atoms with E-state index in [-0.39, 0.29) is 23.6 Å². The van der Waals surface area contributed by atoms with Gasteiger partial charge in [0.05, 0.1) is 12.2 Å². The van der Waals surface area contributed by atoms with Crippen molar-refractivity contribution in [3.05, 3.63) is 30.1 Å².